The summed E-state index contributed by atoms with van der Waals surface area (Å²) in [4.78, 5) is 33.9. The van der Waals surface area contributed by atoms with E-state index in [9.17, 15) is 19.7 Å². The Labute approximate surface area is 149 Å². The molecule has 0 aliphatic rings. The van der Waals surface area contributed by atoms with Crippen LogP contribution in [0.2, 0.25) is 5.02 Å². The van der Waals surface area contributed by atoms with Crippen LogP contribution in [0.5, 0.6) is 0 Å². The third-order valence-electron chi connectivity index (χ3n) is 3.32. The minimum absolute atomic E-state index is 0.0750. The number of nitro benzene ring substituents is 1. The number of nitrogens with zero attached hydrogens (tertiary/aromatic N) is 1. The van der Waals surface area contributed by atoms with Crippen molar-refractivity contribution in [2.75, 3.05) is 10.6 Å². The van der Waals surface area contributed by atoms with E-state index in [4.69, 9.17) is 11.6 Å². The Morgan fingerprint density at radius 3 is 2.36 bits per heavy atom. The van der Waals surface area contributed by atoms with Gasteiger partial charge in [-0.25, -0.2) is 0 Å². The molecule has 0 bridgehead atoms. The highest BCUT2D eigenvalue weighted by Crippen LogP contribution is 2.27. The molecule has 0 aliphatic carbocycles. The van der Waals surface area contributed by atoms with Crippen LogP contribution >= 0.6 is 11.6 Å². The van der Waals surface area contributed by atoms with Crippen LogP contribution in [0, 0.1) is 10.1 Å². The van der Waals surface area contributed by atoms with Crippen LogP contribution < -0.4 is 10.6 Å². The van der Waals surface area contributed by atoms with Gasteiger partial charge in [0, 0.05) is 29.8 Å². The largest absolute Gasteiger partial charge is 0.326 e. The highest BCUT2D eigenvalue weighted by Gasteiger charge is 2.13. The first-order chi connectivity index (χ1) is 11.9. The van der Waals surface area contributed by atoms with Crippen LogP contribution in [0.25, 0.3) is 0 Å². The number of hydrogen-bond acceptors (Lipinski definition) is 4. The molecule has 0 radical (unpaired) electrons. The molecule has 2 aromatic rings. The average Bonchev–Trinajstić information content (AvgIpc) is 2.57. The number of hydrogen-bond donors (Lipinski definition) is 2. The molecule has 2 amide bonds. The number of amides is 2. The van der Waals surface area contributed by atoms with Crippen molar-refractivity contribution in [3.63, 3.8) is 0 Å². The van der Waals surface area contributed by atoms with Gasteiger partial charge in [0.05, 0.1) is 15.6 Å². The molecular formula is C17H16ClN3O4. The van der Waals surface area contributed by atoms with Gasteiger partial charge in [-0.2, -0.15) is 0 Å². The average molecular weight is 362 g/mol. The van der Waals surface area contributed by atoms with Gasteiger partial charge in [-0.3, -0.25) is 19.7 Å². The van der Waals surface area contributed by atoms with E-state index in [0.717, 1.165) is 6.42 Å². The van der Waals surface area contributed by atoms with Crippen molar-refractivity contribution >= 4 is 40.5 Å². The summed E-state index contributed by atoms with van der Waals surface area (Å²) in [6, 6.07) is 10.2. The fourth-order valence-corrected chi connectivity index (χ4v) is 2.29. The van der Waals surface area contributed by atoms with E-state index in [0.29, 0.717) is 17.7 Å². The molecular weight excluding hydrogens is 346 g/mol. The summed E-state index contributed by atoms with van der Waals surface area (Å²) in [7, 11) is 0. The number of rotatable bonds is 6. The van der Waals surface area contributed by atoms with Crippen LogP contribution in [0.15, 0.2) is 42.5 Å². The number of nitrogens with one attached hydrogen (secondary N) is 2. The molecule has 0 spiro atoms. The molecule has 25 heavy (non-hydrogen) atoms. The highest BCUT2D eigenvalue weighted by atomic mass is 35.5. The summed E-state index contributed by atoms with van der Waals surface area (Å²) in [5.41, 5.74) is 1.08. The van der Waals surface area contributed by atoms with Crippen molar-refractivity contribution in [1.82, 2.24) is 0 Å². The monoisotopic (exact) mass is 361 g/mol. The van der Waals surface area contributed by atoms with Gasteiger partial charge in [0.15, 0.2) is 0 Å². The Morgan fingerprint density at radius 2 is 1.80 bits per heavy atom. The van der Waals surface area contributed by atoms with Crippen LogP contribution in [-0.4, -0.2) is 16.7 Å². The SMILES string of the molecule is CCCC(=O)Nc1ccc(C(=O)Nc2ccc([N+](=O)[O-])cc2Cl)cc1. The van der Waals surface area contributed by atoms with Gasteiger partial charge in [-0.05, 0) is 36.8 Å². The highest BCUT2D eigenvalue weighted by molar-refractivity contribution is 6.34. The Kier molecular flexibility index (Phi) is 6.08. The summed E-state index contributed by atoms with van der Waals surface area (Å²) >= 11 is 5.95. The topological polar surface area (TPSA) is 101 Å². The van der Waals surface area contributed by atoms with Crippen LogP contribution in [0.1, 0.15) is 30.1 Å². The second kappa shape index (κ2) is 8.25. The predicted octanol–water partition coefficient (Wildman–Crippen LogP) is 4.24. The molecule has 2 aromatic carbocycles. The molecule has 0 atom stereocenters. The Morgan fingerprint density at radius 1 is 1.12 bits per heavy atom. The maximum Gasteiger partial charge on any atom is 0.271 e. The maximum atomic E-state index is 12.2. The molecule has 0 saturated carbocycles. The van der Waals surface area contributed by atoms with Gasteiger partial charge >= 0.3 is 0 Å². The molecule has 2 rings (SSSR count). The van der Waals surface area contributed by atoms with Crippen molar-refractivity contribution in [2.24, 2.45) is 0 Å². The van der Waals surface area contributed by atoms with E-state index >= 15 is 0 Å². The number of non-ortho nitro benzene ring substituents is 1. The van der Waals surface area contributed by atoms with Crippen molar-refractivity contribution in [1.29, 1.82) is 0 Å². The third-order valence-corrected chi connectivity index (χ3v) is 3.63. The molecule has 0 saturated heterocycles. The molecule has 0 aromatic heterocycles. The minimum atomic E-state index is -0.566. The zero-order chi connectivity index (χ0) is 18.4. The van der Waals surface area contributed by atoms with Crippen LogP contribution in [0.3, 0.4) is 0 Å². The van der Waals surface area contributed by atoms with Gasteiger partial charge in [0.1, 0.15) is 0 Å². The first-order valence-corrected chi connectivity index (χ1v) is 7.93. The Balaban J connectivity index is 2.06. The standard InChI is InChI=1S/C17H16ClN3O4/c1-2-3-16(22)19-12-6-4-11(5-7-12)17(23)20-15-9-8-13(21(24)25)10-14(15)18/h4-10H,2-3H2,1H3,(H,19,22)(H,20,23). The first kappa shape index (κ1) is 18.4. The Hall–Kier alpha value is -2.93. The number of nitro groups is 1. The summed E-state index contributed by atoms with van der Waals surface area (Å²) in [5, 5.41) is 16.1. The summed E-state index contributed by atoms with van der Waals surface area (Å²) < 4.78 is 0. The lowest BCUT2D eigenvalue weighted by Crippen LogP contribution is -2.13. The third kappa shape index (κ3) is 5.02. The van der Waals surface area contributed by atoms with Gasteiger partial charge < -0.3 is 10.6 Å². The molecule has 130 valence electrons. The number of carbonyl (C=O) groups excluding carboxylic acids is 2. The fraction of sp³-hybridized carbons (Fsp3) is 0.176. The first-order valence-electron chi connectivity index (χ1n) is 7.56. The zero-order valence-electron chi connectivity index (χ0n) is 13.4. The van der Waals surface area contributed by atoms with Crippen LogP contribution in [-0.2, 0) is 4.79 Å². The van der Waals surface area contributed by atoms with Crippen molar-refractivity contribution in [3.8, 4) is 0 Å². The molecule has 0 fully saturated rings. The van der Waals surface area contributed by atoms with E-state index in [1.165, 1.54) is 18.2 Å². The normalized spacial score (nSPS) is 10.2. The summed E-state index contributed by atoms with van der Waals surface area (Å²) in [6.07, 6.45) is 1.18. The second-order valence-corrected chi connectivity index (χ2v) is 5.66. The predicted molar refractivity (Wildman–Crippen MR) is 96.0 cm³/mol. The van der Waals surface area contributed by atoms with Crippen molar-refractivity contribution in [3.05, 3.63) is 63.2 Å². The number of halogens is 1. The van der Waals surface area contributed by atoms with Gasteiger partial charge in [-0.1, -0.05) is 18.5 Å². The smallest absolute Gasteiger partial charge is 0.271 e. The van der Waals surface area contributed by atoms with Gasteiger partial charge in [0.2, 0.25) is 5.91 Å². The van der Waals surface area contributed by atoms with E-state index in [2.05, 4.69) is 10.6 Å². The zero-order valence-corrected chi connectivity index (χ0v) is 14.2. The van der Waals surface area contributed by atoms with Crippen molar-refractivity contribution < 1.29 is 14.5 Å². The molecule has 7 nitrogen and oxygen atoms in total. The second-order valence-electron chi connectivity index (χ2n) is 5.25. The van der Waals surface area contributed by atoms with Gasteiger partial charge in [-0.15, -0.1) is 0 Å². The van der Waals surface area contributed by atoms with Crippen molar-refractivity contribution in [2.45, 2.75) is 19.8 Å². The quantitative estimate of drug-likeness (QED) is 0.593. The number of anilines is 2. The minimum Gasteiger partial charge on any atom is -0.326 e. The van der Waals surface area contributed by atoms with E-state index in [-0.39, 0.29) is 22.3 Å². The number of benzene rings is 2. The lowest BCUT2D eigenvalue weighted by Gasteiger charge is -2.08. The number of carbonyl (C=O) groups is 2. The lowest BCUT2D eigenvalue weighted by atomic mass is 10.2. The molecule has 0 unspecified atom stereocenters. The van der Waals surface area contributed by atoms with Crippen LogP contribution in [0.4, 0.5) is 17.1 Å². The van der Waals surface area contributed by atoms with E-state index < -0.39 is 10.8 Å². The maximum absolute atomic E-state index is 12.2. The van der Waals surface area contributed by atoms with Gasteiger partial charge in [0.25, 0.3) is 11.6 Å². The molecule has 8 heteroatoms. The summed E-state index contributed by atoms with van der Waals surface area (Å²) in [6.45, 7) is 1.91. The fourth-order valence-electron chi connectivity index (χ4n) is 2.07. The van der Waals surface area contributed by atoms with E-state index in [1.807, 2.05) is 6.92 Å². The lowest BCUT2D eigenvalue weighted by molar-refractivity contribution is -0.384. The molecule has 0 heterocycles. The molecule has 2 N–H and O–H groups in total. The molecule has 0 aliphatic heterocycles. The Bertz CT molecular complexity index is 806. The van der Waals surface area contributed by atoms with E-state index in [1.54, 1.807) is 24.3 Å². The summed E-state index contributed by atoms with van der Waals surface area (Å²) in [5.74, 6) is -0.500.